The molecule has 1 aromatic heterocycles. The van der Waals surface area contributed by atoms with E-state index in [1.807, 2.05) is 74.5 Å². The van der Waals surface area contributed by atoms with E-state index in [1.54, 1.807) is 6.08 Å². The number of aromatic nitrogens is 2. The van der Waals surface area contributed by atoms with Gasteiger partial charge in [0.05, 0.1) is 17.1 Å². The van der Waals surface area contributed by atoms with Crippen molar-refractivity contribution in [2.24, 2.45) is 0 Å². The van der Waals surface area contributed by atoms with Crippen LogP contribution in [0, 0.1) is 13.8 Å². The molecule has 2 aromatic carbocycles. The topological polar surface area (TPSA) is 64.1 Å². The van der Waals surface area contributed by atoms with Crippen LogP contribution in [0.5, 0.6) is 11.8 Å². The Morgan fingerprint density at radius 3 is 2.12 bits per heavy atom. The molecule has 26 heavy (non-hydrogen) atoms. The number of nitrogens with zero attached hydrogens (tertiary/aromatic N) is 2. The third-order valence-corrected chi connectivity index (χ3v) is 3.68. The first kappa shape index (κ1) is 17.4. The summed E-state index contributed by atoms with van der Waals surface area (Å²) in [6.07, 6.45) is 3.25. The minimum atomic E-state index is -0.236. The number of ether oxygens (including phenoxy) is 1. The molecule has 0 saturated heterocycles. The van der Waals surface area contributed by atoms with Gasteiger partial charge in [-0.2, -0.15) is 9.97 Å². The van der Waals surface area contributed by atoms with Gasteiger partial charge in [0.2, 0.25) is 5.91 Å². The molecule has 0 aliphatic heterocycles. The van der Waals surface area contributed by atoms with Crippen LogP contribution in [0.1, 0.15) is 17.0 Å². The van der Waals surface area contributed by atoms with E-state index in [9.17, 15) is 4.79 Å². The summed E-state index contributed by atoms with van der Waals surface area (Å²) >= 11 is 0. The monoisotopic (exact) mass is 345 g/mol. The fourth-order valence-corrected chi connectivity index (χ4v) is 2.41. The maximum atomic E-state index is 12.2. The van der Waals surface area contributed by atoms with Gasteiger partial charge in [0, 0.05) is 6.08 Å². The normalized spacial score (nSPS) is 10.7. The summed E-state index contributed by atoms with van der Waals surface area (Å²) in [4.78, 5) is 20.8. The highest BCUT2D eigenvalue weighted by molar-refractivity contribution is 6.02. The van der Waals surface area contributed by atoms with Crippen molar-refractivity contribution in [2.45, 2.75) is 13.8 Å². The molecular formula is C21H19N3O2. The molecule has 0 atom stereocenters. The van der Waals surface area contributed by atoms with Gasteiger partial charge in [0.1, 0.15) is 5.75 Å². The third kappa shape index (κ3) is 4.54. The summed E-state index contributed by atoms with van der Waals surface area (Å²) in [5.74, 6) is 0.425. The molecule has 0 aliphatic carbocycles. The Morgan fingerprint density at radius 1 is 0.923 bits per heavy atom. The Morgan fingerprint density at radius 2 is 1.50 bits per heavy atom. The van der Waals surface area contributed by atoms with E-state index in [0.29, 0.717) is 22.8 Å². The van der Waals surface area contributed by atoms with Crippen LogP contribution in [0.25, 0.3) is 6.08 Å². The highest BCUT2D eigenvalue weighted by Gasteiger charge is 2.11. The molecule has 5 nitrogen and oxygen atoms in total. The summed E-state index contributed by atoms with van der Waals surface area (Å²) in [7, 11) is 0. The molecule has 0 spiro atoms. The molecule has 0 bridgehead atoms. The van der Waals surface area contributed by atoms with E-state index < -0.39 is 0 Å². The Balaban J connectivity index is 1.72. The van der Waals surface area contributed by atoms with Gasteiger partial charge in [-0.05, 0) is 37.6 Å². The first-order chi connectivity index (χ1) is 12.6. The molecule has 1 N–H and O–H groups in total. The molecule has 0 fully saturated rings. The number of benzene rings is 2. The van der Waals surface area contributed by atoms with Crippen LogP contribution < -0.4 is 10.1 Å². The van der Waals surface area contributed by atoms with Gasteiger partial charge in [-0.15, -0.1) is 0 Å². The number of amides is 1. The first-order valence-corrected chi connectivity index (χ1v) is 8.24. The Hall–Kier alpha value is -3.47. The molecule has 1 heterocycles. The average molecular weight is 345 g/mol. The predicted octanol–water partition coefficient (Wildman–Crippen LogP) is 4.54. The first-order valence-electron chi connectivity index (χ1n) is 8.24. The van der Waals surface area contributed by atoms with Gasteiger partial charge in [0.25, 0.3) is 0 Å². The second kappa shape index (κ2) is 8.07. The quantitative estimate of drug-likeness (QED) is 0.690. The number of anilines is 1. The van der Waals surface area contributed by atoms with E-state index >= 15 is 0 Å². The molecule has 0 unspecified atom stereocenters. The van der Waals surface area contributed by atoms with Crippen LogP contribution in [-0.4, -0.2) is 15.9 Å². The van der Waals surface area contributed by atoms with Crippen molar-refractivity contribution in [3.05, 3.63) is 83.7 Å². The van der Waals surface area contributed by atoms with Crippen LogP contribution in [0.15, 0.2) is 66.7 Å². The molecule has 1 amide bonds. The van der Waals surface area contributed by atoms with Gasteiger partial charge in [-0.1, -0.05) is 48.5 Å². The Bertz CT molecular complexity index is 899. The summed E-state index contributed by atoms with van der Waals surface area (Å²) in [5, 5.41) is 2.83. The summed E-state index contributed by atoms with van der Waals surface area (Å²) in [6, 6.07) is 19.2. The molecule has 0 saturated carbocycles. The van der Waals surface area contributed by atoms with Crippen LogP contribution >= 0.6 is 0 Å². The van der Waals surface area contributed by atoms with E-state index in [4.69, 9.17) is 4.74 Å². The standard InChI is InChI=1S/C21H19N3O2/c1-15-20(24-19(25)14-13-17-9-5-3-6-10-17)16(2)23-21(22-15)26-18-11-7-4-8-12-18/h3-14H,1-2H3,(H,24,25)/b14-13+. The number of hydrogen-bond donors (Lipinski definition) is 1. The number of hydrogen-bond acceptors (Lipinski definition) is 4. The molecular weight excluding hydrogens is 326 g/mol. The smallest absolute Gasteiger partial charge is 0.322 e. The lowest BCUT2D eigenvalue weighted by Gasteiger charge is -2.11. The molecule has 3 aromatic rings. The zero-order valence-corrected chi connectivity index (χ0v) is 14.6. The number of nitrogens with one attached hydrogen (secondary N) is 1. The van der Waals surface area contributed by atoms with Gasteiger partial charge >= 0.3 is 6.01 Å². The van der Waals surface area contributed by atoms with Crippen molar-refractivity contribution in [1.82, 2.24) is 9.97 Å². The van der Waals surface area contributed by atoms with Gasteiger partial charge < -0.3 is 10.1 Å². The Kier molecular flexibility index (Phi) is 5.39. The highest BCUT2D eigenvalue weighted by Crippen LogP contribution is 2.23. The molecule has 0 aliphatic rings. The van der Waals surface area contributed by atoms with E-state index in [2.05, 4.69) is 15.3 Å². The summed E-state index contributed by atoms with van der Waals surface area (Å²) in [6.45, 7) is 3.62. The lowest BCUT2D eigenvalue weighted by molar-refractivity contribution is -0.111. The van der Waals surface area contributed by atoms with Crippen molar-refractivity contribution in [1.29, 1.82) is 0 Å². The van der Waals surface area contributed by atoms with Crippen LogP contribution in [0.2, 0.25) is 0 Å². The zero-order chi connectivity index (χ0) is 18.4. The highest BCUT2D eigenvalue weighted by atomic mass is 16.5. The van der Waals surface area contributed by atoms with E-state index in [1.165, 1.54) is 6.08 Å². The third-order valence-electron chi connectivity index (χ3n) is 3.68. The minimum absolute atomic E-state index is 0.236. The van der Waals surface area contributed by atoms with Gasteiger partial charge in [-0.3, -0.25) is 4.79 Å². The minimum Gasteiger partial charge on any atom is -0.424 e. The summed E-state index contributed by atoms with van der Waals surface area (Å²) in [5.41, 5.74) is 2.84. The number of carbonyl (C=O) groups excluding carboxylic acids is 1. The maximum Gasteiger partial charge on any atom is 0.322 e. The number of para-hydroxylation sites is 1. The average Bonchev–Trinajstić information content (AvgIpc) is 2.65. The van der Waals surface area contributed by atoms with Crippen molar-refractivity contribution in [2.75, 3.05) is 5.32 Å². The van der Waals surface area contributed by atoms with E-state index in [-0.39, 0.29) is 11.9 Å². The van der Waals surface area contributed by atoms with Gasteiger partial charge in [-0.25, -0.2) is 0 Å². The van der Waals surface area contributed by atoms with Crippen LogP contribution in [0.4, 0.5) is 5.69 Å². The summed E-state index contributed by atoms with van der Waals surface area (Å²) < 4.78 is 5.66. The van der Waals surface area contributed by atoms with Crippen LogP contribution in [0.3, 0.4) is 0 Å². The van der Waals surface area contributed by atoms with E-state index in [0.717, 1.165) is 5.56 Å². The lowest BCUT2D eigenvalue weighted by atomic mass is 10.2. The Labute approximate surface area is 152 Å². The number of aryl methyl sites for hydroxylation is 2. The fourth-order valence-electron chi connectivity index (χ4n) is 2.41. The fraction of sp³-hybridized carbons (Fsp3) is 0.0952. The zero-order valence-electron chi connectivity index (χ0n) is 14.6. The SMILES string of the molecule is Cc1nc(Oc2ccccc2)nc(C)c1NC(=O)/C=C/c1ccccc1. The molecule has 5 heteroatoms. The van der Waals surface area contributed by atoms with Crippen molar-refractivity contribution in [3.8, 4) is 11.8 Å². The largest absolute Gasteiger partial charge is 0.424 e. The second-order valence-corrected chi connectivity index (χ2v) is 5.70. The number of carbonyl (C=O) groups is 1. The molecule has 0 radical (unpaired) electrons. The van der Waals surface area contributed by atoms with Gasteiger partial charge in [0.15, 0.2) is 0 Å². The van der Waals surface area contributed by atoms with Crippen molar-refractivity contribution >= 4 is 17.7 Å². The van der Waals surface area contributed by atoms with Crippen molar-refractivity contribution < 1.29 is 9.53 Å². The second-order valence-electron chi connectivity index (χ2n) is 5.70. The maximum absolute atomic E-state index is 12.2. The molecule has 3 rings (SSSR count). The predicted molar refractivity (Wildman–Crippen MR) is 102 cm³/mol. The van der Waals surface area contributed by atoms with Crippen molar-refractivity contribution in [3.63, 3.8) is 0 Å². The van der Waals surface area contributed by atoms with Crippen LogP contribution in [-0.2, 0) is 4.79 Å². The number of rotatable bonds is 5. The lowest BCUT2D eigenvalue weighted by Crippen LogP contribution is -2.12. The molecule has 130 valence electrons.